The summed E-state index contributed by atoms with van der Waals surface area (Å²) >= 11 is -0.519. The molecule has 0 aliphatic carbocycles. The largest absolute Gasteiger partial charge is 0.462 e. The summed E-state index contributed by atoms with van der Waals surface area (Å²) in [6.07, 6.45) is -19.9. The van der Waals surface area contributed by atoms with Crippen molar-refractivity contribution in [2.75, 3.05) is 0 Å². The molecular formula is C5F11IO. The predicted octanol–water partition coefficient (Wildman–Crippen LogP) is 4.41. The van der Waals surface area contributed by atoms with Crippen molar-refractivity contribution in [3.8, 4) is 0 Å². The van der Waals surface area contributed by atoms with Crippen LogP contribution in [0.3, 0.4) is 0 Å². The fourth-order valence-electron chi connectivity index (χ4n) is 0.448. The summed E-state index contributed by atoms with van der Waals surface area (Å²) in [5.74, 6) is -6.99. The molecule has 0 aromatic heterocycles. The Labute approximate surface area is 104 Å². The van der Waals surface area contributed by atoms with Crippen molar-refractivity contribution < 1.29 is 53.0 Å². The quantitative estimate of drug-likeness (QED) is 0.379. The minimum Gasteiger partial charge on any atom is -0.261 e. The first kappa shape index (κ1) is 17.9. The summed E-state index contributed by atoms with van der Waals surface area (Å²) < 4.78 is 127. The molecule has 0 saturated heterocycles. The first-order valence-electron chi connectivity index (χ1n) is 3.43. The minimum atomic E-state index is -6.99. The third-order valence-corrected chi connectivity index (χ3v) is 2.14. The molecular weight excluding hydrogens is 412 g/mol. The molecule has 0 heterocycles. The van der Waals surface area contributed by atoms with Crippen LogP contribution in [0.25, 0.3) is 0 Å². The topological polar surface area (TPSA) is 9.23 Å². The summed E-state index contributed by atoms with van der Waals surface area (Å²) in [6, 6.07) is 0. The van der Waals surface area contributed by atoms with E-state index in [9.17, 15) is 48.3 Å². The van der Waals surface area contributed by atoms with Crippen molar-refractivity contribution in [2.45, 2.75) is 28.2 Å². The smallest absolute Gasteiger partial charge is 0.261 e. The van der Waals surface area contributed by atoms with Gasteiger partial charge in [0.1, 0.15) is 0 Å². The maximum Gasteiger partial charge on any atom is 0.462 e. The molecule has 0 saturated carbocycles. The molecule has 110 valence electrons. The SMILES string of the molecule is FC(F)(F)C(F)(F)C(F)(F)O[C@](F)(I)C(F)(F)F. The van der Waals surface area contributed by atoms with Crippen LogP contribution >= 0.6 is 22.6 Å². The summed E-state index contributed by atoms with van der Waals surface area (Å²) in [6.45, 7) is 0. The Hall–Kier alpha value is -0.0800. The second-order valence-electron chi connectivity index (χ2n) is 2.71. The third kappa shape index (κ3) is 3.27. The molecule has 0 aromatic rings. The Morgan fingerprint density at radius 3 is 1.17 bits per heavy atom. The van der Waals surface area contributed by atoms with Crippen LogP contribution in [0, 0.1) is 0 Å². The molecule has 0 fully saturated rings. The summed E-state index contributed by atoms with van der Waals surface area (Å²) in [5, 5.41) is 0. The fourth-order valence-corrected chi connectivity index (χ4v) is 0.725. The van der Waals surface area contributed by atoms with Crippen LogP contribution in [0.15, 0.2) is 0 Å². The average Bonchev–Trinajstić information content (AvgIpc) is 1.96. The number of alkyl halides is 12. The van der Waals surface area contributed by atoms with Gasteiger partial charge in [0.25, 0.3) is 0 Å². The summed E-state index contributed by atoms with van der Waals surface area (Å²) in [4.78, 5) is 0. The molecule has 0 aliphatic heterocycles. The van der Waals surface area contributed by atoms with Crippen LogP contribution in [-0.4, -0.2) is 28.2 Å². The average molecular weight is 412 g/mol. The molecule has 0 radical (unpaired) electrons. The first-order chi connectivity index (χ1) is 7.46. The molecule has 0 N–H and O–H groups in total. The van der Waals surface area contributed by atoms with Gasteiger partial charge in [-0.1, -0.05) is 0 Å². The molecule has 0 bridgehead atoms. The van der Waals surface area contributed by atoms with E-state index in [0.29, 0.717) is 0 Å². The van der Waals surface area contributed by atoms with E-state index < -0.39 is 50.8 Å². The van der Waals surface area contributed by atoms with E-state index in [1.54, 1.807) is 0 Å². The highest BCUT2D eigenvalue weighted by Crippen LogP contribution is 2.52. The summed E-state index contributed by atoms with van der Waals surface area (Å²) in [5.41, 5.74) is 0. The maximum atomic E-state index is 12.5. The maximum absolute atomic E-state index is 12.5. The van der Waals surface area contributed by atoms with E-state index in [-0.39, 0.29) is 0 Å². The number of hydrogen-bond acceptors (Lipinski definition) is 1. The second kappa shape index (κ2) is 4.49. The minimum absolute atomic E-state index is 0.519. The zero-order valence-corrected chi connectivity index (χ0v) is 9.60. The summed E-state index contributed by atoms with van der Waals surface area (Å²) in [7, 11) is 0. The molecule has 0 aromatic carbocycles. The number of halogens is 12. The Bertz CT molecular complexity index is 302. The molecule has 0 rings (SSSR count). The lowest BCUT2D eigenvalue weighted by atomic mass is 10.3. The Morgan fingerprint density at radius 2 is 0.944 bits per heavy atom. The molecule has 0 spiro atoms. The standard InChI is InChI=1S/C5F11IO/c6-1(7,2(8,9)10)4(14,15)18-5(16,17)3(11,12)13/t5-/m1/s1. The second-order valence-corrected chi connectivity index (χ2v) is 4.09. The number of rotatable bonds is 3. The van der Waals surface area contributed by atoms with Gasteiger partial charge in [0.05, 0.1) is 0 Å². The van der Waals surface area contributed by atoms with E-state index in [1.807, 2.05) is 4.74 Å². The predicted molar refractivity (Wildman–Crippen MR) is 40.9 cm³/mol. The molecule has 0 aliphatic rings. The van der Waals surface area contributed by atoms with Crippen LogP contribution in [0.4, 0.5) is 48.3 Å². The van der Waals surface area contributed by atoms with E-state index in [1.165, 1.54) is 0 Å². The zero-order valence-electron chi connectivity index (χ0n) is 7.44. The first-order valence-corrected chi connectivity index (χ1v) is 4.50. The molecule has 1 atom stereocenters. The number of ether oxygens (including phenoxy) is 1. The van der Waals surface area contributed by atoms with E-state index in [0.717, 1.165) is 0 Å². The Balaban J connectivity index is 5.33. The van der Waals surface area contributed by atoms with Gasteiger partial charge < -0.3 is 0 Å². The monoisotopic (exact) mass is 412 g/mol. The molecule has 0 unspecified atom stereocenters. The van der Waals surface area contributed by atoms with Gasteiger partial charge in [0.15, 0.2) is 0 Å². The van der Waals surface area contributed by atoms with Gasteiger partial charge in [-0.05, 0) is 0 Å². The molecule has 18 heavy (non-hydrogen) atoms. The van der Waals surface area contributed by atoms with E-state index >= 15 is 0 Å². The number of hydrogen-bond donors (Lipinski definition) is 0. The van der Waals surface area contributed by atoms with Crippen molar-refractivity contribution in [2.24, 2.45) is 0 Å². The van der Waals surface area contributed by atoms with Crippen molar-refractivity contribution >= 4 is 22.6 Å². The van der Waals surface area contributed by atoms with Crippen molar-refractivity contribution in [1.29, 1.82) is 0 Å². The van der Waals surface area contributed by atoms with Crippen LogP contribution in [0.1, 0.15) is 0 Å². The van der Waals surface area contributed by atoms with Crippen LogP contribution in [-0.2, 0) is 4.74 Å². The van der Waals surface area contributed by atoms with Gasteiger partial charge in [-0.3, -0.25) is 4.74 Å². The van der Waals surface area contributed by atoms with Crippen molar-refractivity contribution in [3.63, 3.8) is 0 Å². The third-order valence-electron chi connectivity index (χ3n) is 1.31. The van der Waals surface area contributed by atoms with Gasteiger partial charge in [0.2, 0.25) is 0 Å². The lowest BCUT2D eigenvalue weighted by Crippen LogP contribution is -2.57. The van der Waals surface area contributed by atoms with Gasteiger partial charge in [-0.25, -0.2) is 0 Å². The zero-order chi connectivity index (χ0) is 15.2. The van der Waals surface area contributed by atoms with Crippen LogP contribution in [0.2, 0.25) is 0 Å². The Kier molecular flexibility index (Phi) is 4.47. The fraction of sp³-hybridized carbons (Fsp3) is 1.00. The highest BCUT2D eigenvalue weighted by atomic mass is 127. The van der Waals surface area contributed by atoms with Gasteiger partial charge in [-0.15, -0.1) is 0 Å². The normalized spacial score (nSPS) is 18.7. The molecule has 13 heteroatoms. The van der Waals surface area contributed by atoms with E-state index in [2.05, 4.69) is 0 Å². The lowest BCUT2D eigenvalue weighted by Gasteiger charge is -2.32. The van der Waals surface area contributed by atoms with Crippen molar-refractivity contribution in [1.82, 2.24) is 0 Å². The highest BCUT2D eigenvalue weighted by Gasteiger charge is 2.78. The van der Waals surface area contributed by atoms with Gasteiger partial charge in [-0.2, -0.15) is 48.3 Å². The highest BCUT2D eigenvalue weighted by molar-refractivity contribution is 14.1. The van der Waals surface area contributed by atoms with Gasteiger partial charge in [0, 0.05) is 22.6 Å². The molecule has 0 amide bonds. The van der Waals surface area contributed by atoms with Crippen molar-refractivity contribution in [3.05, 3.63) is 0 Å². The van der Waals surface area contributed by atoms with Crippen LogP contribution in [0.5, 0.6) is 0 Å². The van der Waals surface area contributed by atoms with Gasteiger partial charge >= 0.3 is 28.2 Å². The lowest BCUT2D eigenvalue weighted by molar-refractivity contribution is -0.460. The molecule has 1 nitrogen and oxygen atoms in total. The Morgan fingerprint density at radius 1 is 0.611 bits per heavy atom. The van der Waals surface area contributed by atoms with E-state index in [4.69, 9.17) is 0 Å². The van der Waals surface area contributed by atoms with Crippen LogP contribution < -0.4 is 0 Å².